The van der Waals surface area contributed by atoms with Crippen molar-refractivity contribution >= 4 is 11.9 Å². The van der Waals surface area contributed by atoms with Gasteiger partial charge in [-0.05, 0) is 31.4 Å². The first-order valence-electron chi connectivity index (χ1n) is 8.09. The lowest BCUT2D eigenvalue weighted by Crippen LogP contribution is -2.40. The molecule has 0 bridgehead atoms. The summed E-state index contributed by atoms with van der Waals surface area (Å²) in [5.74, 6) is 0.364. The SMILES string of the molecule is CCCc1ccc(C2(C)NC(=O)N(Cc3cc(C)on3)C2=O)cc1. The van der Waals surface area contributed by atoms with E-state index in [-0.39, 0.29) is 12.5 Å². The molecular formula is C18H21N3O3. The van der Waals surface area contributed by atoms with Gasteiger partial charge in [0.1, 0.15) is 17.0 Å². The van der Waals surface area contributed by atoms with Gasteiger partial charge in [0.2, 0.25) is 0 Å². The van der Waals surface area contributed by atoms with Crippen LogP contribution in [0.15, 0.2) is 34.9 Å². The quantitative estimate of drug-likeness (QED) is 0.857. The lowest BCUT2D eigenvalue weighted by atomic mass is 9.91. The fraction of sp³-hybridized carbons (Fsp3) is 0.389. The van der Waals surface area contributed by atoms with Crippen molar-refractivity contribution in [3.05, 3.63) is 52.9 Å². The number of benzene rings is 1. The average molecular weight is 327 g/mol. The number of nitrogens with one attached hydrogen (secondary N) is 1. The van der Waals surface area contributed by atoms with E-state index in [2.05, 4.69) is 17.4 Å². The lowest BCUT2D eigenvalue weighted by molar-refractivity contribution is -0.131. The summed E-state index contributed by atoms with van der Waals surface area (Å²) in [6.45, 7) is 5.73. The first-order valence-corrected chi connectivity index (χ1v) is 8.09. The third-order valence-electron chi connectivity index (χ3n) is 4.34. The summed E-state index contributed by atoms with van der Waals surface area (Å²) in [7, 11) is 0. The number of hydrogen-bond acceptors (Lipinski definition) is 4. The Bertz CT molecular complexity index is 766. The van der Waals surface area contributed by atoms with Crippen LogP contribution in [0.25, 0.3) is 0 Å². The molecule has 1 atom stereocenters. The van der Waals surface area contributed by atoms with Gasteiger partial charge in [0, 0.05) is 6.07 Å². The van der Waals surface area contributed by atoms with Crippen LogP contribution in [0.2, 0.25) is 0 Å². The second kappa shape index (κ2) is 6.11. The third kappa shape index (κ3) is 2.79. The number of imide groups is 1. The van der Waals surface area contributed by atoms with E-state index in [1.165, 1.54) is 10.5 Å². The minimum atomic E-state index is -1.05. The predicted octanol–water partition coefficient (Wildman–Crippen LogP) is 2.90. The molecule has 0 spiro atoms. The molecule has 3 amide bonds. The summed E-state index contributed by atoms with van der Waals surface area (Å²) in [5.41, 5.74) is 1.50. The van der Waals surface area contributed by atoms with E-state index in [1.54, 1.807) is 19.9 Å². The fourth-order valence-electron chi connectivity index (χ4n) is 2.98. The number of carbonyl (C=O) groups is 2. The normalized spacial score (nSPS) is 20.5. The lowest BCUT2D eigenvalue weighted by Gasteiger charge is -2.22. The van der Waals surface area contributed by atoms with Crippen LogP contribution in [0.3, 0.4) is 0 Å². The van der Waals surface area contributed by atoms with Gasteiger partial charge >= 0.3 is 6.03 Å². The molecule has 6 heteroatoms. The number of aromatic nitrogens is 1. The van der Waals surface area contributed by atoms with Gasteiger partial charge in [0.25, 0.3) is 5.91 Å². The fourth-order valence-corrected chi connectivity index (χ4v) is 2.98. The van der Waals surface area contributed by atoms with Crippen molar-refractivity contribution in [2.24, 2.45) is 0 Å². The van der Waals surface area contributed by atoms with E-state index in [9.17, 15) is 9.59 Å². The summed E-state index contributed by atoms with van der Waals surface area (Å²) < 4.78 is 5.00. The molecule has 1 aromatic heterocycles. The Morgan fingerprint density at radius 3 is 2.54 bits per heavy atom. The van der Waals surface area contributed by atoms with Gasteiger partial charge in [-0.25, -0.2) is 4.79 Å². The van der Waals surface area contributed by atoms with Crippen LogP contribution in [-0.2, 0) is 23.3 Å². The van der Waals surface area contributed by atoms with E-state index in [0.717, 1.165) is 18.4 Å². The maximum atomic E-state index is 12.8. The van der Waals surface area contributed by atoms with E-state index >= 15 is 0 Å². The highest BCUT2D eigenvalue weighted by Crippen LogP contribution is 2.30. The molecule has 0 saturated carbocycles. The zero-order chi connectivity index (χ0) is 17.3. The molecule has 3 rings (SSSR count). The van der Waals surface area contributed by atoms with Gasteiger partial charge in [0.05, 0.1) is 6.54 Å². The maximum absolute atomic E-state index is 12.8. The van der Waals surface area contributed by atoms with E-state index in [4.69, 9.17) is 4.52 Å². The van der Waals surface area contributed by atoms with Crippen LogP contribution in [0.1, 0.15) is 42.8 Å². The highest BCUT2D eigenvalue weighted by molar-refractivity contribution is 6.07. The molecule has 1 fully saturated rings. The molecule has 1 aromatic carbocycles. The monoisotopic (exact) mass is 327 g/mol. The van der Waals surface area contributed by atoms with Gasteiger partial charge in [-0.1, -0.05) is 42.8 Å². The van der Waals surface area contributed by atoms with E-state index in [0.29, 0.717) is 11.5 Å². The second-order valence-corrected chi connectivity index (χ2v) is 6.32. The standard InChI is InChI=1S/C18H21N3O3/c1-4-5-13-6-8-14(9-7-13)18(3)16(22)21(17(23)19-18)11-15-10-12(2)24-20-15/h6-10H,4-5,11H2,1-3H3,(H,19,23). The topological polar surface area (TPSA) is 75.4 Å². The van der Waals surface area contributed by atoms with Crippen molar-refractivity contribution in [2.75, 3.05) is 0 Å². The van der Waals surface area contributed by atoms with Crippen molar-refractivity contribution in [3.63, 3.8) is 0 Å². The Hall–Kier alpha value is -2.63. The van der Waals surface area contributed by atoms with Crippen molar-refractivity contribution < 1.29 is 14.1 Å². The molecule has 1 saturated heterocycles. The molecule has 126 valence electrons. The number of hydrogen-bond donors (Lipinski definition) is 1. The van der Waals surface area contributed by atoms with E-state index < -0.39 is 11.6 Å². The molecule has 2 heterocycles. The van der Waals surface area contributed by atoms with Crippen LogP contribution >= 0.6 is 0 Å². The largest absolute Gasteiger partial charge is 0.361 e. The van der Waals surface area contributed by atoms with Crippen LogP contribution < -0.4 is 5.32 Å². The Labute approximate surface area is 140 Å². The maximum Gasteiger partial charge on any atom is 0.325 e. The smallest absolute Gasteiger partial charge is 0.325 e. The first-order chi connectivity index (χ1) is 11.4. The molecule has 6 nitrogen and oxygen atoms in total. The molecule has 0 aliphatic carbocycles. The Balaban J connectivity index is 1.83. The molecule has 2 aromatic rings. The number of rotatable bonds is 5. The number of urea groups is 1. The highest BCUT2D eigenvalue weighted by atomic mass is 16.5. The van der Waals surface area contributed by atoms with Gasteiger partial charge in [-0.2, -0.15) is 0 Å². The number of carbonyl (C=O) groups excluding carboxylic acids is 2. The summed E-state index contributed by atoms with van der Waals surface area (Å²) in [4.78, 5) is 26.3. The van der Waals surface area contributed by atoms with Gasteiger partial charge < -0.3 is 9.84 Å². The molecule has 24 heavy (non-hydrogen) atoms. The van der Waals surface area contributed by atoms with Crippen LogP contribution in [0, 0.1) is 6.92 Å². The van der Waals surface area contributed by atoms with Crippen LogP contribution in [-0.4, -0.2) is 22.0 Å². The number of aryl methyl sites for hydroxylation is 2. The van der Waals surface area contributed by atoms with Gasteiger partial charge in [0.15, 0.2) is 0 Å². The second-order valence-electron chi connectivity index (χ2n) is 6.32. The summed E-state index contributed by atoms with van der Waals surface area (Å²) >= 11 is 0. The first kappa shape index (κ1) is 16.2. The Morgan fingerprint density at radius 1 is 1.25 bits per heavy atom. The minimum Gasteiger partial charge on any atom is -0.361 e. The van der Waals surface area contributed by atoms with Crippen molar-refractivity contribution in [3.8, 4) is 0 Å². The zero-order valence-corrected chi connectivity index (χ0v) is 14.1. The Kier molecular flexibility index (Phi) is 4.13. The molecule has 1 unspecified atom stereocenters. The van der Waals surface area contributed by atoms with Crippen molar-refractivity contribution in [1.29, 1.82) is 0 Å². The molecule has 0 radical (unpaired) electrons. The molecule has 1 aliphatic rings. The third-order valence-corrected chi connectivity index (χ3v) is 4.34. The average Bonchev–Trinajstić information content (AvgIpc) is 3.06. The van der Waals surface area contributed by atoms with E-state index in [1.807, 2.05) is 24.3 Å². The molecule has 1 N–H and O–H groups in total. The zero-order valence-electron chi connectivity index (χ0n) is 14.1. The van der Waals surface area contributed by atoms with Gasteiger partial charge in [-0.15, -0.1) is 0 Å². The predicted molar refractivity (Wildman–Crippen MR) is 88.1 cm³/mol. The minimum absolute atomic E-state index is 0.103. The highest BCUT2D eigenvalue weighted by Gasteiger charge is 2.49. The van der Waals surface area contributed by atoms with Crippen molar-refractivity contribution in [2.45, 2.75) is 45.7 Å². The van der Waals surface area contributed by atoms with Crippen molar-refractivity contribution in [1.82, 2.24) is 15.4 Å². The number of amides is 3. The Morgan fingerprint density at radius 2 is 1.96 bits per heavy atom. The summed E-state index contributed by atoms with van der Waals surface area (Å²) in [5, 5.41) is 6.66. The molecular weight excluding hydrogens is 306 g/mol. The van der Waals surface area contributed by atoms with Crippen LogP contribution in [0.5, 0.6) is 0 Å². The molecule has 1 aliphatic heterocycles. The summed E-state index contributed by atoms with van der Waals surface area (Å²) in [6, 6.07) is 9.14. The number of nitrogens with zero attached hydrogens (tertiary/aromatic N) is 2. The van der Waals surface area contributed by atoms with Gasteiger partial charge in [-0.3, -0.25) is 9.69 Å². The summed E-state index contributed by atoms with van der Waals surface area (Å²) in [6.07, 6.45) is 2.06. The van der Waals surface area contributed by atoms with Crippen LogP contribution in [0.4, 0.5) is 4.79 Å².